The number of hydrogen-bond donors (Lipinski definition) is 0. The van der Waals surface area contributed by atoms with Crippen LogP contribution in [0.5, 0.6) is 0 Å². The molecular weight excluding hydrogens is 448 g/mol. The zero-order chi connectivity index (χ0) is 23.3. The van der Waals surface area contributed by atoms with E-state index in [1.54, 1.807) is 23.5 Å². The van der Waals surface area contributed by atoms with Crippen molar-refractivity contribution in [3.63, 3.8) is 0 Å². The molecule has 0 nitrogen and oxygen atoms in total. The number of rotatable bonds is 6. The molecule has 0 radical (unpaired) electrons. The fourth-order valence-electron chi connectivity index (χ4n) is 4.06. The molecule has 0 fully saturated rings. The van der Waals surface area contributed by atoms with Crippen LogP contribution in [0.15, 0.2) is 107 Å². The molecule has 0 aliphatic carbocycles. The molecule has 5 aromatic carbocycles. The van der Waals surface area contributed by atoms with E-state index in [9.17, 15) is 0 Å². The maximum absolute atomic E-state index is 2.30. The van der Waals surface area contributed by atoms with E-state index in [0.717, 1.165) is 0 Å². The van der Waals surface area contributed by atoms with Crippen LogP contribution in [0.25, 0.3) is 45.8 Å². The number of fused-ring (bicyclic) bond motifs is 2. The molecule has 0 unspecified atom stereocenters. The predicted molar refractivity (Wildman–Crippen MR) is 156 cm³/mol. The molecule has 5 rings (SSSR count). The molecule has 0 aliphatic heterocycles. The third-order valence-electron chi connectivity index (χ3n) is 6.01. The van der Waals surface area contributed by atoms with Gasteiger partial charge in [-0.2, -0.15) is 0 Å². The second-order valence-electron chi connectivity index (χ2n) is 8.28. The Balaban J connectivity index is 1.38. The third kappa shape index (κ3) is 5.30. The Morgan fingerprint density at radius 1 is 0.382 bits per heavy atom. The molecule has 0 spiro atoms. The summed E-state index contributed by atoms with van der Waals surface area (Å²) in [7, 11) is 0. The first kappa shape index (κ1) is 22.6. The zero-order valence-electron chi connectivity index (χ0n) is 19.4. The lowest BCUT2D eigenvalue weighted by Crippen LogP contribution is -1.81. The summed E-state index contributed by atoms with van der Waals surface area (Å²) in [5, 5.41) is 5.07. The summed E-state index contributed by atoms with van der Waals surface area (Å²) in [6.07, 6.45) is 13.0. The maximum Gasteiger partial charge on any atom is 0.00695 e. The van der Waals surface area contributed by atoms with Crippen LogP contribution in [0.2, 0.25) is 0 Å². The molecule has 2 heteroatoms. The Morgan fingerprint density at radius 2 is 0.735 bits per heavy atom. The summed E-state index contributed by atoms with van der Waals surface area (Å²) in [6, 6.07) is 35.3. The van der Waals surface area contributed by atoms with E-state index in [1.165, 1.54) is 53.6 Å². The fourth-order valence-corrected chi connectivity index (χ4v) is 4.87. The van der Waals surface area contributed by atoms with Gasteiger partial charge >= 0.3 is 0 Å². The van der Waals surface area contributed by atoms with Gasteiger partial charge in [0, 0.05) is 9.79 Å². The molecule has 0 bridgehead atoms. The second-order valence-corrected chi connectivity index (χ2v) is 10.0. The standard InChI is InChI=1S/C32H26S2/c1-33-31-15-9-23(10-16-31)3-5-25-7-13-27-22-30-20-26(8-14-28(30)21-29(27)19-25)6-4-24-11-17-32(34-2)18-12-24/h3-22H,1-2H3. The van der Waals surface area contributed by atoms with Gasteiger partial charge in [-0.15, -0.1) is 23.5 Å². The van der Waals surface area contributed by atoms with Gasteiger partial charge in [0.25, 0.3) is 0 Å². The highest BCUT2D eigenvalue weighted by atomic mass is 32.2. The first-order valence-electron chi connectivity index (χ1n) is 11.3. The van der Waals surface area contributed by atoms with Crippen LogP contribution in [-0.4, -0.2) is 12.5 Å². The van der Waals surface area contributed by atoms with E-state index in [2.05, 4.69) is 134 Å². The van der Waals surface area contributed by atoms with Crippen molar-refractivity contribution in [1.29, 1.82) is 0 Å². The SMILES string of the molecule is CSc1ccc(C=Cc2ccc3cc4cc(C=Cc5ccc(SC)cc5)ccc4cc3c2)cc1. The topological polar surface area (TPSA) is 0 Å². The molecule has 0 heterocycles. The van der Waals surface area contributed by atoms with Crippen LogP contribution in [0, 0.1) is 0 Å². The molecule has 0 aromatic heterocycles. The van der Waals surface area contributed by atoms with E-state index in [-0.39, 0.29) is 0 Å². The van der Waals surface area contributed by atoms with Crippen LogP contribution < -0.4 is 0 Å². The van der Waals surface area contributed by atoms with Crippen LogP contribution in [-0.2, 0) is 0 Å². The van der Waals surface area contributed by atoms with Crippen molar-refractivity contribution in [2.45, 2.75) is 9.79 Å². The molecule has 0 atom stereocenters. The van der Waals surface area contributed by atoms with E-state index in [0.29, 0.717) is 0 Å². The summed E-state index contributed by atoms with van der Waals surface area (Å²) >= 11 is 3.54. The summed E-state index contributed by atoms with van der Waals surface area (Å²) < 4.78 is 0. The van der Waals surface area contributed by atoms with E-state index in [1.807, 2.05) is 0 Å². The summed E-state index contributed by atoms with van der Waals surface area (Å²) in [5.41, 5.74) is 4.87. The van der Waals surface area contributed by atoms with Gasteiger partial charge in [0.15, 0.2) is 0 Å². The molecular formula is C32H26S2. The summed E-state index contributed by atoms with van der Waals surface area (Å²) in [5.74, 6) is 0. The lowest BCUT2D eigenvalue weighted by Gasteiger charge is -2.05. The Labute approximate surface area is 210 Å². The lowest BCUT2D eigenvalue weighted by atomic mass is 9.99. The Hall–Kier alpha value is -3.20. The van der Waals surface area contributed by atoms with Crippen LogP contribution in [0.1, 0.15) is 22.3 Å². The number of benzene rings is 5. The minimum absolute atomic E-state index is 1.22. The van der Waals surface area contributed by atoms with Gasteiger partial charge in [-0.3, -0.25) is 0 Å². The van der Waals surface area contributed by atoms with Gasteiger partial charge in [0.2, 0.25) is 0 Å². The van der Waals surface area contributed by atoms with Crippen molar-refractivity contribution in [2.75, 3.05) is 12.5 Å². The highest BCUT2D eigenvalue weighted by Crippen LogP contribution is 2.26. The fraction of sp³-hybridized carbons (Fsp3) is 0.0625. The van der Waals surface area contributed by atoms with E-state index in [4.69, 9.17) is 0 Å². The number of thioether (sulfide) groups is 2. The van der Waals surface area contributed by atoms with Gasteiger partial charge < -0.3 is 0 Å². The highest BCUT2D eigenvalue weighted by Gasteiger charge is 2.01. The number of hydrogen-bond acceptors (Lipinski definition) is 2. The largest absolute Gasteiger partial charge is 0.130 e. The molecule has 0 saturated heterocycles. The Kier molecular flexibility index (Phi) is 6.89. The van der Waals surface area contributed by atoms with E-state index < -0.39 is 0 Å². The molecule has 0 N–H and O–H groups in total. The Morgan fingerprint density at radius 3 is 1.12 bits per heavy atom. The normalized spacial score (nSPS) is 11.8. The van der Waals surface area contributed by atoms with Crippen molar-refractivity contribution in [3.8, 4) is 0 Å². The van der Waals surface area contributed by atoms with Crippen molar-refractivity contribution in [2.24, 2.45) is 0 Å². The molecule has 166 valence electrons. The predicted octanol–water partition coefficient (Wildman–Crippen LogP) is 9.78. The molecule has 5 aromatic rings. The third-order valence-corrected chi connectivity index (χ3v) is 7.50. The van der Waals surface area contributed by atoms with Gasteiger partial charge in [-0.1, -0.05) is 72.8 Å². The van der Waals surface area contributed by atoms with Gasteiger partial charge in [-0.05, 0) is 105 Å². The minimum Gasteiger partial charge on any atom is -0.130 e. The minimum atomic E-state index is 1.22. The van der Waals surface area contributed by atoms with Crippen molar-refractivity contribution >= 4 is 69.4 Å². The van der Waals surface area contributed by atoms with Crippen molar-refractivity contribution < 1.29 is 0 Å². The average molecular weight is 475 g/mol. The van der Waals surface area contributed by atoms with Gasteiger partial charge in [0.1, 0.15) is 0 Å². The smallest absolute Gasteiger partial charge is 0.00695 e. The first-order chi connectivity index (χ1) is 16.7. The molecule has 34 heavy (non-hydrogen) atoms. The first-order valence-corrected chi connectivity index (χ1v) is 13.8. The van der Waals surface area contributed by atoms with Gasteiger partial charge in [0.05, 0.1) is 0 Å². The zero-order valence-corrected chi connectivity index (χ0v) is 21.0. The van der Waals surface area contributed by atoms with Crippen LogP contribution >= 0.6 is 23.5 Å². The summed E-state index contributed by atoms with van der Waals surface area (Å²) in [4.78, 5) is 2.58. The quantitative estimate of drug-likeness (QED) is 0.136. The average Bonchev–Trinajstić information content (AvgIpc) is 2.90. The molecule has 0 saturated carbocycles. The van der Waals surface area contributed by atoms with Crippen LogP contribution in [0.4, 0.5) is 0 Å². The van der Waals surface area contributed by atoms with Crippen molar-refractivity contribution in [3.05, 3.63) is 119 Å². The van der Waals surface area contributed by atoms with Gasteiger partial charge in [-0.25, -0.2) is 0 Å². The Bertz CT molecular complexity index is 1370. The second kappa shape index (κ2) is 10.4. The molecule has 0 aliphatic rings. The van der Waals surface area contributed by atoms with E-state index >= 15 is 0 Å². The molecule has 0 amide bonds. The van der Waals surface area contributed by atoms with Crippen LogP contribution in [0.3, 0.4) is 0 Å². The lowest BCUT2D eigenvalue weighted by molar-refractivity contribution is 1.45. The van der Waals surface area contributed by atoms with Crippen molar-refractivity contribution in [1.82, 2.24) is 0 Å². The maximum atomic E-state index is 2.30. The highest BCUT2D eigenvalue weighted by molar-refractivity contribution is 7.98. The monoisotopic (exact) mass is 474 g/mol. The summed E-state index contributed by atoms with van der Waals surface area (Å²) in [6.45, 7) is 0.